The van der Waals surface area contributed by atoms with Gasteiger partial charge in [0.15, 0.2) is 5.78 Å². The Kier molecular flexibility index (Phi) is 6.46. The molecule has 1 unspecified atom stereocenters. The van der Waals surface area contributed by atoms with Gasteiger partial charge in [0.1, 0.15) is 5.75 Å². The summed E-state index contributed by atoms with van der Waals surface area (Å²) < 4.78 is 5.59. The van der Waals surface area contributed by atoms with Gasteiger partial charge in [0.25, 0.3) is 5.69 Å². The minimum atomic E-state index is -0.597. The summed E-state index contributed by atoms with van der Waals surface area (Å²) in [6, 6.07) is 3.68. The van der Waals surface area contributed by atoms with Crippen LogP contribution in [-0.4, -0.2) is 47.3 Å². The van der Waals surface area contributed by atoms with Crippen molar-refractivity contribution in [2.24, 2.45) is 5.73 Å². The van der Waals surface area contributed by atoms with Gasteiger partial charge in [-0.05, 0) is 45.0 Å². The first kappa shape index (κ1) is 18.9. The van der Waals surface area contributed by atoms with Crippen molar-refractivity contribution in [3.8, 4) is 5.75 Å². The number of ether oxygens (including phenoxy) is 1. The number of hydrogen-bond donors (Lipinski definition) is 1. The SMILES string of the molecule is CC(=O)c1cc(OCCC(C(N)=O)N2CCCCC2)ccc1[N+](=O)[O-]. The molecule has 1 aromatic carbocycles. The number of amides is 1. The molecule has 1 aromatic rings. The molecule has 2 rings (SSSR count). The number of carbonyl (C=O) groups excluding carboxylic acids is 2. The van der Waals surface area contributed by atoms with Gasteiger partial charge in [-0.15, -0.1) is 0 Å². The van der Waals surface area contributed by atoms with Gasteiger partial charge in [0.05, 0.1) is 23.1 Å². The van der Waals surface area contributed by atoms with Crippen LogP contribution in [0.5, 0.6) is 5.75 Å². The van der Waals surface area contributed by atoms with Crippen LogP contribution in [0.2, 0.25) is 0 Å². The minimum Gasteiger partial charge on any atom is -0.493 e. The predicted octanol–water partition coefficient (Wildman–Crippen LogP) is 1.91. The van der Waals surface area contributed by atoms with Gasteiger partial charge in [0, 0.05) is 12.5 Å². The first-order chi connectivity index (χ1) is 11.9. The number of nitrogens with zero attached hydrogens (tertiary/aromatic N) is 2. The number of likely N-dealkylation sites (tertiary alicyclic amines) is 1. The Morgan fingerprint density at radius 3 is 2.56 bits per heavy atom. The van der Waals surface area contributed by atoms with E-state index in [1.807, 2.05) is 0 Å². The molecular weight excluding hydrogens is 326 g/mol. The van der Waals surface area contributed by atoms with Crippen LogP contribution in [-0.2, 0) is 4.79 Å². The zero-order valence-corrected chi connectivity index (χ0v) is 14.3. The summed E-state index contributed by atoms with van der Waals surface area (Å²) >= 11 is 0. The van der Waals surface area contributed by atoms with Crippen LogP contribution in [0.1, 0.15) is 43.0 Å². The van der Waals surface area contributed by atoms with E-state index in [2.05, 4.69) is 4.90 Å². The van der Waals surface area contributed by atoms with Crippen LogP contribution in [0, 0.1) is 10.1 Å². The lowest BCUT2D eigenvalue weighted by Crippen LogP contribution is -2.47. The standard InChI is InChI=1S/C17H23N3O5/c1-12(21)14-11-13(5-6-15(14)20(23)24)25-10-7-16(17(18)22)19-8-3-2-4-9-19/h5-6,11,16H,2-4,7-10H2,1H3,(H2,18,22). The summed E-state index contributed by atoms with van der Waals surface area (Å²) in [4.78, 5) is 35.7. The molecule has 1 aliphatic rings. The first-order valence-electron chi connectivity index (χ1n) is 8.35. The van der Waals surface area contributed by atoms with Gasteiger partial charge < -0.3 is 10.5 Å². The van der Waals surface area contributed by atoms with Crippen molar-refractivity contribution < 1.29 is 19.2 Å². The zero-order chi connectivity index (χ0) is 18.4. The second-order valence-corrected chi connectivity index (χ2v) is 6.14. The maximum Gasteiger partial charge on any atom is 0.280 e. The molecule has 1 atom stereocenters. The summed E-state index contributed by atoms with van der Waals surface area (Å²) in [6.45, 7) is 3.20. The van der Waals surface area contributed by atoms with E-state index in [9.17, 15) is 19.7 Å². The first-order valence-corrected chi connectivity index (χ1v) is 8.35. The van der Waals surface area contributed by atoms with Crippen LogP contribution < -0.4 is 10.5 Å². The number of piperidine rings is 1. The fraction of sp³-hybridized carbons (Fsp3) is 0.529. The summed E-state index contributed by atoms with van der Waals surface area (Å²) in [5.74, 6) is -0.420. The van der Waals surface area contributed by atoms with Crippen molar-refractivity contribution in [1.29, 1.82) is 0 Å². The maximum atomic E-state index is 11.7. The molecule has 8 heteroatoms. The van der Waals surface area contributed by atoms with E-state index in [1.165, 1.54) is 25.1 Å². The number of rotatable bonds is 8. The van der Waals surface area contributed by atoms with Gasteiger partial charge in [-0.25, -0.2) is 0 Å². The Morgan fingerprint density at radius 1 is 1.32 bits per heavy atom. The van der Waals surface area contributed by atoms with Gasteiger partial charge in [0.2, 0.25) is 5.91 Å². The molecule has 0 spiro atoms. The van der Waals surface area contributed by atoms with E-state index in [0.29, 0.717) is 12.2 Å². The third-order valence-corrected chi connectivity index (χ3v) is 4.36. The number of primary amides is 1. The van der Waals surface area contributed by atoms with Crippen molar-refractivity contribution in [1.82, 2.24) is 4.90 Å². The van der Waals surface area contributed by atoms with Crippen molar-refractivity contribution >= 4 is 17.4 Å². The van der Waals surface area contributed by atoms with Crippen LogP contribution in [0.3, 0.4) is 0 Å². The maximum absolute atomic E-state index is 11.7. The Labute approximate surface area is 146 Å². The largest absolute Gasteiger partial charge is 0.493 e. The van der Waals surface area contributed by atoms with Crippen molar-refractivity contribution in [3.63, 3.8) is 0 Å². The van der Waals surface area contributed by atoms with E-state index in [1.54, 1.807) is 0 Å². The minimum absolute atomic E-state index is 0.00461. The number of benzene rings is 1. The summed E-state index contributed by atoms with van der Waals surface area (Å²) in [5, 5.41) is 10.9. The third-order valence-electron chi connectivity index (χ3n) is 4.36. The molecule has 25 heavy (non-hydrogen) atoms. The number of nitro groups is 1. The summed E-state index contributed by atoms with van der Waals surface area (Å²) in [6.07, 6.45) is 3.70. The quantitative estimate of drug-likeness (QED) is 0.435. The molecule has 0 radical (unpaired) electrons. The van der Waals surface area contributed by atoms with E-state index >= 15 is 0 Å². The fourth-order valence-corrected chi connectivity index (χ4v) is 3.07. The molecule has 1 heterocycles. The molecule has 136 valence electrons. The smallest absolute Gasteiger partial charge is 0.280 e. The number of ketones is 1. The second-order valence-electron chi connectivity index (χ2n) is 6.14. The normalized spacial score (nSPS) is 16.2. The number of nitro benzene ring substituents is 1. The zero-order valence-electron chi connectivity index (χ0n) is 14.3. The number of Topliss-reactive ketones (excluding diaryl/α,β-unsaturated/α-hetero) is 1. The molecule has 0 aliphatic carbocycles. The highest BCUT2D eigenvalue weighted by Gasteiger charge is 2.25. The Balaban J connectivity index is 2.00. The molecule has 1 aliphatic heterocycles. The van der Waals surface area contributed by atoms with Crippen LogP contribution in [0.4, 0.5) is 5.69 Å². The highest BCUT2D eigenvalue weighted by molar-refractivity contribution is 5.98. The van der Waals surface area contributed by atoms with Gasteiger partial charge >= 0.3 is 0 Å². The molecule has 0 bridgehead atoms. The molecule has 1 saturated heterocycles. The lowest BCUT2D eigenvalue weighted by atomic mass is 10.1. The van der Waals surface area contributed by atoms with Crippen LogP contribution >= 0.6 is 0 Å². The van der Waals surface area contributed by atoms with Crippen molar-refractivity contribution in [2.75, 3.05) is 19.7 Å². The molecule has 2 N–H and O–H groups in total. The van der Waals surface area contributed by atoms with Gasteiger partial charge in [-0.1, -0.05) is 6.42 Å². The Hall–Kier alpha value is -2.48. The molecule has 1 amide bonds. The average molecular weight is 349 g/mol. The van der Waals surface area contributed by atoms with Crippen molar-refractivity contribution in [3.05, 3.63) is 33.9 Å². The Morgan fingerprint density at radius 2 is 2.00 bits per heavy atom. The van der Waals surface area contributed by atoms with E-state index < -0.39 is 10.7 Å². The molecule has 0 aromatic heterocycles. The molecule has 0 saturated carbocycles. The number of nitrogens with two attached hydrogens (primary N) is 1. The van der Waals surface area contributed by atoms with E-state index in [-0.39, 0.29) is 29.8 Å². The van der Waals surface area contributed by atoms with Crippen LogP contribution in [0.25, 0.3) is 0 Å². The van der Waals surface area contributed by atoms with Gasteiger partial charge in [-0.2, -0.15) is 0 Å². The highest BCUT2D eigenvalue weighted by atomic mass is 16.6. The van der Waals surface area contributed by atoms with Gasteiger partial charge in [-0.3, -0.25) is 24.6 Å². The third kappa shape index (κ3) is 4.99. The Bertz CT molecular complexity index is 656. The molecule has 8 nitrogen and oxygen atoms in total. The lowest BCUT2D eigenvalue weighted by Gasteiger charge is -2.32. The molecule has 1 fully saturated rings. The van der Waals surface area contributed by atoms with E-state index in [0.717, 1.165) is 32.4 Å². The average Bonchev–Trinajstić information content (AvgIpc) is 2.58. The summed E-state index contributed by atoms with van der Waals surface area (Å²) in [7, 11) is 0. The topological polar surface area (TPSA) is 116 Å². The lowest BCUT2D eigenvalue weighted by molar-refractivity contribution is -0.385. The fourth-order valence-electron chi connectivity index (χ4n) is 3.07. The van der Waals surface area contributed by atoms with Crippen molar-refractivity contribution in [2.45, 2.75) is 38.6 Å². The molecular formula is C17H23N3O5. The van der Waals surface area contributed by atoms with Crippen LogP contribution in [0.15, 0.2) is 18.2 Å². The van der Waals surface area contributed by atoms with E-state index in [4.69, 9.17) is 10.5 Å². The summed E-state index contributed by atoms with van der Waals surface area (Å²) in [5.41, 5.74) is 5.27. The highest BCUT2D eigenvalue weighted by Crippen LogP contribution is 2.25. The predicted molar refractivity (Wildman–Crippen MR) is 91.6 cm³/mol. The number of carbonyl (C=O) groups is 2. The monoisotopic (exact) mass is 349 g/mol. The second kappa shape index (κ2) is 8.57. The number of hydrogen-bond acceptors (Lipinski definition) is 6.